The minimum atomic E-state index is -0.478. The normalized spacial score (nSPS) is 42.3. The Labute approximate surface area is 136 Å². The number of hydrogen-bond donors (Lipinski definition) is 1. The highest BCUT2D eigenvalue weighted by molar-refractivity contribution is 6.33. The van der Waals surface area contributed by atoms with Crippen LogP contribution in [0.4, 0.5) is 0 Å². The molecule has 0 saturated heterocycles. The summed E-state index contributed by atoms with van der Waals surface area (Å²) in [7, 11) is 0. The predicted octanol–water partition coefficient (Wildman–Crippen LogP) is 5.63. The third kappa shape index (κ3) is 2.24. The van der Waals surface area contributed by atoms with Gasteiger partial charge in [0.15, 0.2) is 0 Å². The molecule has 4 fully saturated rings. The zero-order valence-electron chi connectivity index (χ0n) is 12.4. The van der Waals surface area contributed by atoms with Gasteiger partial charge >= 0.3 is 0 Å². The Morgan fingerprint density at radius 2 is 1.81 bits per heavy atom. The summed E-state index contributed by atoms with van der Waals surface area (Å²) >= 11 is 12.5. The van der Waals surface area contributed by atoms with Gasteiger partial charge in [-0.1, -0.05) is 30.1 Å². The Balaban J connectivity index is 1.73. The first-order valence-corrected chi connectivity index (χ1v) is 8.78. The van der Waals surface area contributed by atoms with Crippen LogP contribution in [0.25, 0.3) is 0 Å². The molecule has 1 N–H and O–H groups in total. The summed E-state index contributed by atoms with van der Waals surface area (Å²) < 4.78 is 0. The van der Waals surface area contributed by atoms with Crippen molar-refractivity contribution in [3.8, 4) is 0 Å². The third-order valence-electron chi connectivity index (χ3n) is 6.23. The summed E-state index contributed by atoms with van der Waals surface area (Å²) in [5.41, 5.74) is 1.28. The highest BCUT2D eigenvalue weighted by Gasteiger charge is 2.58. The van der Waals surface area contributed by atoms with Crippen molar-refractivity contribution in [1.82, 2.24) is 0 Å². The number of hydrogen-bond acceptors (Lipinski definition) is 1. The molecule has 4 bridgehead atoms. The first kappa shape index (κ1) is 14.4. The SMILES string of the molecule is CC12CC3CC(C1)CC(C(O)c1cc(Cl)ccc1Cl)(C3)C2. The summed E-state index contributed by atoms with van der Waals surface area (Å²) in [5, 5.41) is 12.5. The first-order chi connectivity index (χ1) is 9.89. The molecule has 5 rings (SSSR count). The van der Waals surface area contributed by atoms with Gasteiger partial charge in [-0.15, -0.1) is 0 Å². The summed E-state index contributed by atoms with van der Waals surface area (Å²) in [6.07, 6.45) is 7.04. The third-order valence-corrected chi connectivity index (χ3v) is 6.81. The molecule has 0 heterocycles. The lowest BCUT2D eigenvalue weighted by atomic mass is 9.43. The fourth-order valence-electron chi connectivity index (χ4n) is 6.17. The highest BCUT2D eigenvalue weighted by Crippen LogP contribution is 2.68. The van der Waals surface area contributed by atoms with Gasteiger partial charge < -0.3 is 5.11 Å². The number of halogens is 2. The zero-order valence-corrected chi connectivity index (χ0v) is 13.9. The maximum Gasteiger partial charge on any atom is 0.0861 e. The van der Waals surface area contributed by atoms with Crippen molar-refractivity contribution in [1.29, 1.82) is 0 Å². The lowest BCUT2D eigenvalue weighted by Gasteiger charge is -2.62. The fraction of sp³-hybridized carbons (Fsp3) is 0.667. The van der Waals surface area contributed by atoms with Crippen LogP contribution in [0.5, 0.6) is 0 Å². The fourth-order valence-corrected chi connectivity index (χ4v) is 6.57. The van der Waals surface area contributed by atoms with Crippen molar-refractivity contribution < 1.29 is 5.11 Å². The summed E-state index contributed by atoms with van der Waals surface area (Å²) in [4.78, 5) is 0. The van der Waals surface area contributed by atoms with Crippen molar-refractivity contribution in [2.45, 2.75) is 51.6 Å². The van der Waals surface area contributed by atoms with E-state index < -0.39 is 6.10 Å². The molecule has 114 valence electrons. The lowest BCUT2D eigenvalue weighted by molar-refractivity contribution is -0.155. The molecule has 0 spiro atoms. The maximum atomic E-state index is 11.2. The zero-order chi connectivity index (χ0) is 14.8. The van der Waals surface area contributed by atoms with E-state index >= 15 is 0 Å². The average Bonchev–Trinajstić information content (AvgIpc) is 2.38. The molecule has 0 radical (unpaired) electrons. The van der Waals surface area contributed by atoms with E-state index in [9.17, 15) is 5.11 Å². The van der Waals surface area contributed by atoms with Crippen LogP contribution in [0.2, 0.25) is 10.0 Å². The molecule has 3 heteroatoms. The molecule has 1 aromatic rings. The largest absolute Gasteiger partial charge is 0.388 e. The molecule has 0 amide bonds. The van der Waals surface area contributed by atoms with Gasteiger partial charge in [-0.3, -0.25) is 0 Å². The summed E-state index contributed by atoms with van der Waals surface area (Å²) in [6, 6.07) is 5.46. The Morgan fingerprint density at radius 1 is 1.14 bits per heavy atom. The molecule has 0 aromatic heterocycles. The van der Waals surface area contributed by atoms with Crippen LogP contribution in [0.1, 0.15) is 57.1 Å². The van der Waals surface area contributed by atoms with Crippen LogP contribution in [0.3, 0.4) is 0 Å². The number of benzene rings is 1. The van der Waals surface area contributed by atoms with E-state index in [0.717, 1.165) is 36.7 Å². The minimum absolute atomic E-state index is 0.0210. The second-order valence-corrected chi connectivity index (χ2v) is 9.05. The van der Waals surface area contributed by atoms with Crippen molar-refractivity contribution >= 4 is 23.2 Å². The molecule has 4 saturated carbocycles. The van der Waals surface area contributed by atoms with Crippen LogP contribution in [-0.2, 0) is 0 Å². The van der Waals surface area contributed by atoms with E-state index in [2.05, 4.69) is 6.92 Å². The Hall–Kier alpha value is -0.240. The van der Waals surface area contributed by atoms with Crippen LogP contribution in [0, 0.1) is 22.7 Å². The second-order valence-electron chi connectivity index (χ2n) is 8.20. The van der Waals surface area contributed by atoms with Gasteiger partial charge in [0.2, 0.25) is 0 Å². The van der Waals surface area contributed by atoms with E-state index in [1.165, 1.54) is 19.3 Å². The van der Waals surface area contributed by atoms with Crippen molar-refractivity contribution in [3.05, 3.63) is 33.8 Å². The molecule has 3 atom stereocenters. The minimum Gasteiger partial charge on any atom is -0.388 e. The van der Waals surface area contributed by atoms with Crippen LogP contribution < -0.4 is 0 Å². The van der Waals surface area contributed by atoms with E-state index in [0.29, 0.717) is 15.5 Å². The quantitative estimate of drug-likeness (QED) is 0.747. The monoisotopic (exact) mass is 324 g/mol. The Bertz CT molecular complexity index is 569. The molecular formula is C18H22Cl2O. The van der Waals surface area contributed by atoms with Gasteiger partial charge in [-0.25, -0.2) is 0 Å². The Morgan fingerprint density at radius 3 is 2.43 bits per heavy atom. The van der Waals surface area contributed by atoms with Gasteiger partial charge in [0, 0.05) is 21.0 Å². The van der Waals surface area contributed by atoms with E-state index in [1.807, 2.05) is 12.1 Å². The van der Waals surface area contributed by atoms with Gasteiger partial charge in [0.05, 0.1) is 6.10 Å². The molecular weight excluding hydrogens is 303 g/mol. The number of aliphatic hydroxyl groups excluding tert-OH is 1. The van der Waals surface area contributed by atoms with Gasteiger partial charge in [-0.05, 0) is 74.0 Å². The molecule has 3 unspecified atom stereocenters. The predicted molar refractivity (Wildman–Crippen MR) is 86.6 cm³/mol. The maximum absolute atomic E-state index is 11.2. The van der Waals surface area contributed by atoms with Crippen LogP contribution in [0.15, 0.2) is 18.2 Å². The summed E-state index contributed by atoms with van der Waals surface area (Å²) in [5.74, 6) is 1.59. The highest BCUT2D eigenvalue weighted by atomic mass is 35.5. The van der Waals surface area contributed by atoms with E-state index in [-0.39, 0.29) is 5.41 Å². The van der Waals surface area contributed by atoms with Crippen LogP contribution >= 0.6 is 23.2 Å². The standard InChI is InChI=1S/C18H22Cl2O/c1-17-6-11-4-12(7-17)9-18(8-11,10-17)16(21)14-5-13(19)2-3-15(14)20/h2-3,5,11-12,16,21H,4,6-10H2,1H3. The van der Waals surface area contributed by atoms with Crippen LogP contribution in [-0.4, -0.2) is 5.11 Å². The smallest absolute Gasteiger partial charge is 0.0861 e. The van der Waals surface area contributed by atoms with E-state index in [4.69, 9.17) is 23.2 Å². The number of aliphatic hydroxyl groups is 1. The molecule has 4 aliphatic carbocycles. The second kappa shape index (κ2) is 4.63. The van der Waals surface area contributed by atoms with Crippen molar-refractivity contribution in [3.63, 3.8) is 0 Å². The summed E-state index contributed by atoms with van der Waals surface area (Å²) in [6.45, 7) is 2.42. The molecule has 1 aromatic carbocycles. The number of rotatable bonds is 2. The van der Waals surface area contributed by atoms with Crippen molar-refractivity contribution in [2.24, 2.45) is 22.7 Å². The molecule has 0 aliphatic heterocycles. The molecule has 21 heavy (non-hydrogen) atoms. The Kier molecular flexibility index (Phi) is 3.17. The van der Waals surface area contributed by atoms with Crippen molar-refractivity contribution in [2.75, 3.05) is 0 Å². The van der Waals surface area contributed by atoms with Gasteiger partial charge in [0.25, 0.3) is 0 Å². The van der Waals surface area contributed by atoms with Gasteiger partial charge in [0.1, 0.15) is 0 Å². The topological polar surface area (TPSA) is 20.2 Å². The lowest BCUT2D eigenvalue weighted by Crippen LogP contribution is -2.53. The molecule has 1 nitrogen and oxygen atoms in total. The molecule has 4 aliphatic rings. The van der Waals surface area contributed by atoms with Gasteiger partial charge in [-0.2, -0.15) is 0 Å². The first-order valence-electron chi connectivity index (χ1n) is 8.02. The average molecular weight is 325 g/mol. The van der Waals surface area contributed by atoms with E-state index in [1.54, 1.807) is 6.07 Å².